The zero-order chi connectivity index (χ0) is 22.5. The maximum Gasteiger partial charge on any atom is 0.321 e. The summed E-state index contributed by atoms with van der Waals surface area (Å²) in [7, 11) is 0. The second-order valence-corrected chi connectivity index (χ2v) is 9.38. The van der Waals surface area contributed by atoms with Crippen LogP contribution in [0, 0.1) is 0 Å². The summed E-state index contributed by atoms with van der Waals surface area (Å²) in [6.45, 7) is 0.533. The van der Waals surface area contributed by atoms with Gasteiger partial charge in [0.05, 0.1) is 0 Å². The number of nitrogens with one attached hydrogen (secondary N) is 1. The molecule has 0 radical (unpaired) electrons. The molecule has 0 spiro atoms. The molecule has 0 atom stereocenters. The number of hydrogen-bond donors (Lipinski definition) is 1. The lowest BCUT2D eigenvalue weighted by molar-refractivity contribution is 1.34. The average Bonchev–Trinajstić information content (AvgIpc) is 2.92. The Kier molecular flexibility index (Phi) is 4.48. The van der Waals surface area contributed by atoms with E-state index >= 15 is 0 Å². The number of anilines is 1. The summed E-state index contributed by atoms with van der Waals surface area (Å²) in [5, 5.41) is 3.89. The molecule has 5 aromatic rings. The molecule has 1 nitrogen and oxygen atoms in total. The zero-order valence-corrected chi connectivity index (χ0v) is 18.9. The Hall–Kier alpha value is -3.97. The van der Waals surface area contributed by atoms with Crippen molar-refractivity contribution >= 4 is 41.1 Å². The van der Waals surface area contributed by atoms with Crippen LogP contribution in [-0.4, -0.2) is 13.6 Å². The first kappa shape index (κ1) is 19.5. The number of fused-ring (bicyclic) bond motifs is 6. The fourth-order valence-electron chi connectivity index (χ4n) is 5.90. The van der Waals surface area contributed by atoms with Crippen LogP contribution in [0.15, 0.2) is 121 Å². The van der Waals surface area contributed by atoms with E-state index < -0.39 is 0 Å². The Morgan fingerprint density at radius 1 is 0.500 bits per heavy atom. The van der Waals surface area contributed by atoms with Crippen LogP contribution in [-0.2, 0) is 6.32 Å². The van der Waals surface area contributed by atoms with Gasteiger partial charge in [0.1, 0.15) is 0 Å². The van der Waals surface area contributed by atoms with Crippen molar-refractivity contribution in [3.8, 4) is 22.3 Å². The van der Waals surface area contributed by atoms with Gasteiger partial charge in [0.2, 0.25) is 6.71 Å². The van der Waals surface area contributed by atoms with Crippen LogP contribution in [0.1, 0.15) is 5.56 Å². The van der Waals surface area contributed by atoms with E-state index in [0.29, 0.717) is 6.71 Å². The van der Waals surface area contributed by atoms with Crippen LogP contribution in [0.25, 0.3) is 22.3 Å². The van der Waals surface area contributed by atoms with Gasteiger partial charge in [-0.2, -0.15) is 0 Å². The summed E-state index contributed by atoms with van der Waals surface area (Å²) < 4.78 is 0. The van der Waals surface area contributed by atoms with Gasteiger partial charge in [-0.1, -0.05) is 126 Å². The molecular formula is C31H23B2N. The topological polar surface area (TPSA) is 12.0 Å². The molecule has 2 aliphatic rings. The van der Waals surface area contributed by atoms with Gasteiger partial charge in [-0.3, -0.25) is 0 Å². The van der Waals surface area contributed by atoms with Gasteiger partial charge < -0.3 is 5.23 Å². The van der Waals surface area contributed by atoms with Gasteiger partial charge in [0, 0.05) is 11.3 Å². The standard InChI is InChI=1S/C31H23B2N/c1-3-11-23(12-4-1)32-21-22-19-28-26-16-8-10-18-30(26)33(24-13-5-2-6-14-24)34-31(28)20-27(22)25-15-7-9-17-29(25)32/h1-20,34H,21H2. The molecule has 0 unspecified atom stereocenters. The van der Waals surface area contributed by atoms with Gasteiger partial charge in [0.25, 0.3) is 0 Å². The second-order valence-electron chi connectivity index (χ2n) is 9.38. The summed E-state index contributed by atoms with van der Waals surface area (Å²) in [4.78, 5) is 0. The van der Waals surface area contributed by atoms with E-state index in [1.807, 2.05) is 0 Å². The number of rotatable bonds is 2. The van der Waals surface area contributed by atoms with E-state index in [1.54, 1.807) is 0 Å². The predicted octanol–water partition coefficient (Wildman–Crippen LogP) is 4.26. The minimum Gasteiger partial charge on any atom is -0.420 e. The van der Waals surface area contributed by atoms with Crippen molar-refractivity contribution in [2.24, 2.45) is 0 Å². The van der Waals surface area contributed by atoms with Gasteiger partial charge >= 0.3 is 6.85 Å². The Bertz CT molecular complexity index is 1400. The van der Waals surface area contributed by atoms with Gasteiger partial charge in [-0.05, 0) is 46.2 Å². The van der Waals surface area contributed by atoms with E-state index in [-0.39, 0.29) is 6.85 Å². The highest BCUT2D eigenvalue weighted by Gasteiger charge is 2.33. The Morgan fingerprint density at radius 3 is 1.82 bits per heavy atom. The molecular weight excluding hydrogens is 408 g/mol. The summed E-state index contributed by atoms with van der Waals surface area (Å²) >= 11 is 0. The van der Waals surface area contributed by atoms with Crippen LogP contribution in [0.5, 0.6) is 0 Å². The molecule has 2 heterocycles. The molecule has 0 saturated carbocycles. The van der Waals surface area contributed by atoms with Crippen molar-refractivity contribution in [2.45, 2.75) is 6.32 Å². The minimum absolute atomic E-state index is 0.152. The smallest absolute Gasteiger partial charge is 0.321 e. The fourth-order valence-corrected chi connectivity index (χ4v) is 5.90. The van der Waals surface area contributed by atoms with E-state index in [1.165, 1.54) is 55.4 Å². The quantitative estimate of drug-likeness (QED) is 0.412. The Morgan fingerprint density at radius 2 is 1.09 bits per heavy atom. The molecule has 34 heavy (non-hydrogen) atoms. The lowest BCUT2D eigenvalue weighted by atomic mass is 9.35. The molecule has 7 rings (SSSR count). The van der Waals surface area contributed by atoms with E-state index in [4.69, 9.17) is 0 Å². The van der Waals surface area contributed by atoms with Crippen molar-refractivity contribution in [2.75, 3.05) is 5.23 Å². The van der Waals surface area contributed by atoms with Gasteiger partial charge in [-0.15, -0.1) is 0 Å². The van der Waals surface area contributed by atoms with Crippen molar-refractivity contribution in [1.82, 2.24) is 0 Å². The van der Waals surface area contributed by atoms with E-state index in [0.717, 1.165) is 6.32 Å². The molecule has 0 saturated heterocycles. The summed E-state index contributed by atoms with van der Waals surface area (Å²) in [5.41, 5.74) is 13.5. The summed E-state index contributed by atoms with van der Waals surface area (Å²) in [5.74, 6) is 0. The first-order chi connectivity index (χ1) is 16.9. The molecule has 0 bridgehead atoms. The Labute approximate surface area is 201 Å². The van der Waals surface area contributed by atoms with E-state index in [9.17, 15) is 0 Å². The molecule has 1 N–H and O–H groups in total. The maximum atomic E-state index is 3.89. The highest BCUT2D eigenvalue weighted by Crippen LogP contribution is 2.39. The third-order valence-electron chi connectivity index (χ3n) is 7.49. The molecule has 3 heteroatoms. The van der Waals surface area contributed by atoms with Crippen LogP contribution in [0.3, 0.4) is 0 Å². The highest BCUT2D eigenvalue weighted by molar-refractivity contribution is 6.89. The fraction of sp³-hybridized carbons (Fsp3) is 0.0323. The third-order valence-corrected chi connectivity index (χ3v) is 7.49. The second kappa shape index (κ2) is 7.81. The minimum atomic E-state index is 0.152. The van der Waals surface area contributed by atoms with E-state index in [2.05, 4.69) is 127 Å². The zero-order valence-electron chi connectivity index (χ0n) is 18.9. The molecule has 0 aromatic heterocycles. The van der Waals surface area contributed by atoms with Crippen LogP contribution < -0.4 is 27.1 Å². The van der Waals surface area contributed by atoms with Gasteiger partial charge in [-0.25, -0.2) is 0 Å². The van der Waals surface area contributed by atoms with Crippen LogP contribution >= 0.6 is 0 Å². The number of hydrogen-bond acceptors (Lipinski definition) is 1. The highest BCUT2D eigenvalue weighted by atomic mass is 14.8. The first-order valence-electron chi connectivity index (χ1n) is 12.1. The molecule has 0 aliphatic carbocycles. The summed E-state index contributed by atoms with van der Waals surface area (Å²) in [6, 6.07) is 44.4. The van der Waals surface area contributed by atoms with Crippen LogP contribution in [0.2, 0.25) is 0 Å². The monoisotopic (exact) mass is 431 g/mol. The van der Waals surface area contributed by atoms with Gasteiger partial charge in [0.15, 0.2) is 0 Å². The van der Waals surface area contributed by atoms with Crippen LogP contribution in [0.4, 0.5) is 5.69 Å². The van der Waals surface area contributed by atoms with Crippen molar-refractivity contribution < 1.29 is 0 Å². The Balaban J connectivity index is 1.41. The van der Waals surface area contributed by atoms with Crippen molar-refractivity contribution in [3.63, 3.8) is 0 Å². The molecule has 158 valence electrons. The lowest BCUT2D eigenvalue weighted by Crippen LogP contribution is -2.52. The summed E-state index contributed by atoms with van der Waals surface area (Å²) in [6.07, 6.45) is 1.02. The molecule has 0 fully saturated rings. The SMILES string of the molecule is c1ccc(B2Cc3cc4c(cc3-c3ccccc32)NB(c2ccccc2)c2ccccc2-4)cc1. The van der Waals surface area contributed by atoms with Crippen molar-refractivity contribution in [3.05, 3.63) is 127 Å². The normalized spacial score (nSPS) is 13.3. The van der Waals surface area contributed by atoms with Crippen molar-refractivity contribution in [1.29, 1.82) is 0 Å². The maximum absolute atomic E-state index is 3.89. The molecule has 2 aliphatic heterocycles. The lowest BCUT2D eigenvalue weighted by Gasteiger charge is -2.32. The molecule has 5 aromatic carbocycles. The number of benzene rings is 5. The first-order valence-corrected chi connectivity index (χ1v) is 12.1. The predicted molar refractivity (Wildman–Crippen MR) is 148 cm³/mol. The largest absolute Gasteiger partial charge is 0.420 e. The average molecular weight is 431 g/mol. The molecule has 0 amide bonds. The third kappa shape index (κ3) is 3.04.